The predicted molar refractivity (Wildman–Crippen MR) is 116 cm³/mol. The molecule has 0 aliphatic carbocycles. The quantitative estimate of drug-likeness (QED) is 0.459. The fraction of sp³-hybridized carbons (Fsp3) is 0.120. The molecule has 1 atom stereocenters. The molecule has 5 rings (SSSR count). The van der Waals surface area contributed by atoms with Crippen molar-refractivity contribution in [3.63, 3.8) is 0 Å². The number of fused-ring (bicyclic) bond motifs is 2. The Kier molecular flexibility index (Phi) is 4.67. The Labute approximate surface area is 179 Å². The molecule has 0 amide bonds. The Bertz CT molecular complexity index is 1320. The van der Waals surface area contributed by atoms with Gasteiger partial charge in [0.05, 0.1) is 25.1 Å². The van der Waals surface area contributed by atoms with E-state index in [4.69, 9.17) is 14.9 Å². The second kappa shape index (κ2) is 7.65. The third kappa shape index (κ3) is 3.32. The van der Waals surface area contributed by atoms with Gasteiger partial charge in [0.2, 0.25) is 5.88 Å². The van der Waals surface area contributed by atoms with Crippen molar-refractivity contribution >= 4 is 0 Å². The molecule has 154 valence electrons. The molecule has 0 radical (unpaired) electrons. The average Bonchev–Trinajstić information content (AvgIpc) is 2.80. The van der Waals surface area contributed by atoms with E-state index in [1.54, 1.807) is 25.6 Å². The molecule has 4 aromatic rings. The van der Waals surface area contributed by atoms with Crippen LogP contribution in [0.15, 0.2) is 79.1 Å². The first-order valence-corrected chi connectivity index (χ1v) is 9.97. The van der Waals surface area contributed by atoms with E-state index in [-0.39, 0.29) is 11.7 Å². The van der Waals surface area contributed by atoms with Gasteiger partial charge >= 0.3 is 0 Å². The van der Waals surface area contributed by atoms with E-state index in [1.807, 2.05) is 65.2 Å². The van der Waals surface area contributed by atoms with Gasteiger partial charge in [-0.25, -0.2) is 4.98 Å². The fourth-order valence-electron chi connectivity index (χ4n) is 4.08. The zero-order valence-corrected chi connectivity index (χ0v) is 16.9. The van der Waals surface area contributed by atoms with Crippen LogP contribution >= 0.6 is 0 Å². The van der Waals surface area contributed by atoms with Crippen molar-refractivity contribution in [3.05, 3.63) is 107 Å². The zero-order chi connectivity index (χ0) is 21.4. The van der Waals surface area contributed by atoms with Gasteiger partial charge in [0, 0.05) is 17.2 Å². The van der Waals surface area contributed by atoms with Crippen molar-refractivity contribution in [2.45, 2.75) is 12.5 Å². The molecular weight excluding hydrogens is 390 g/mol. The summed E-state index contributed by atoms with van der Waals surface area (Å²) in [7, 11) is 1.64. The van der Waals surface area contributed by atoms with Gasteiger partial charge in [0.1, 0.15) is 29.1 Å². The van der Waals surface area contributed by atoms with Crippen LogP contribution in [-0.4, -0.2) is 21.8 Å². The summed E-state index contributed by atoms with van der Waals surface area (Å²) in [5.41, 5.74) is 3.83. The highest BCUT2D eigenvalue weighted by Crippen LogP contribution is 2.47. The van der Waals surface area contributed by atoms with Crippen LogP contribution in [0, 0.1) is 5.41 Å². The van der Waals surface area contributed by atoms with Gasteiger partial charge in [-0.1, -0.05) is 54.6 Å². The van der Waals surface area contributed by atoms with Crippen molar-refractivity contribution < 1.29 is 14.6 Å². The summed E-state index contributed by atoms with van der Waals surface area (Å²) in [5, 5.41) is 19.0. The number of hydrogen-bond donors (Lipinski definition) is 2. The van der Waals surface area contributed by atoms with Crippen molar-refractivity contribution in [1.29, 1.82) is 5.41 Å². The molecule has 0 saturated carbocycles. The standard InChI is InChI=1S/C25H21N3O3/c1-30-20-10-6-5-9-18(20)22-19-12-11-17(29)13-21(19)31-25-23(22)24(26)28(15-27-25)14-16-7-3-2-4-8-16/h2-13,15,22,26,29H,14H2,1H3/t22-/m1/s1. The molecule has 1 aliphatic heterocycles. The molecule has 3 aromatic carbocycles. The molecule has 1 aromatic heterocycles. The van der Waals surface area contributed by atoms with Crippen LogP contribution in [0.2, 0.25) is 0 Å². The molecule has 0 bridgehead atoms. The largest absolute Gasteiger partial charge is 0.508 e. The summed E-state index contributed by atoms with van der Waals surface area (Å²) in [6, 6.07) is 22.8. The second-order valence-electron chi connectivity index (χ2n) is 7.42. The summed E-state index contributed by atoms with van der Waals surface area (Å²) < 4.78 is 13.5. The van der Waals surface area contributed by atoms with Crippen LogP contribution in [0.1, 0.15) is 28.2 Å². The zero-order valence-electron chi connectivity index (χ0n) is 16.9. The van der Waals surface area contributed by atoms with Crippen LogP contribution in [0.5, 0.6) is 23.1 Å². The summed E-state index contributed by atoms with van der Waals surface area (Å²) in [6.07, 6.45) is 1.63. The van der Waals surface area contributed by atoms with Crippen molar-refractivity contribution in [2.75, 3.05) is 7.11 Å². The Hall–Kier alpha value is -4.06. The number of hydrogen-bond acceptors (Lipinski definition) is 5. The van der Waals surface area contributed by atoms with E-state index in [2.05, 4.69) is 4.98 Å². The highest BCUT2D eigenvalue weighted by Gasteiger charge is 2.33. The van der Waals surface area contributed by atoms with E-state index in [9.17, 15) is 5.11 Å². The Balaban J connectivity index is 1.72. The number of rotatable bonds is 4. The predicted octanol–water partition coefficient (Wildman–Crippen LogP) is 4.41. The maximum absolute atomic E-state index is 9.99. The molecule has 31 heavy (non-hydrogen) atoms. The average molecular weight is 411 g/mol. The van der Waals surface area contributed by atoms with Crippen LogP contribution in [0.4, 0.5) is 0 Å². The fourth-order valence-corrected chi connectivity index (χ4v) is 4.08. The second-order valence-corrected chi connectivity index (χ2v) is 7.42. The molecule has 6 nitrogen and oxygen atoms in total. The monoisotopic (exact) mass is 411 g/mol. The number of benzene rings is 3. The Morgan fingerprint density at radius 3 is 2.61 bits per heavy atom. The minimum Gasteiger partial charge on any atom is -0.508 e. The van der Waals surface area contributed by atoms with E-state index >= 15 is 0 Å². The Morgan fingerprint density at radius 2 is 1.81 bits per heavy atom. The summed E-state index contributed by atoms with van der Waals surface area (Å²) in [6.45, 7) is 0.529. The minimum absolute atomic E-state index is 0.113. The third-order valence-electron chi connectivity index (χ3n) is 5.54. The number of aromatic nitrogens is 2. The number of phenols is 1. The molecule has 0 unspecified atom stereocenters. The first-order valence-electron chi connectivity index (χ1n) is 9.97. The van der Waals surface area contributed by atoms with Crippen LogP contribution in [-0.2, 0) is 6.54 Å². The van der Waals surface area contributed by atoms with Gasteiger partial charge in [-0.3, -0.25) is 5.41 Å². The molecular formula is C25H21N3O3. The van der Waals surface area contributed by atoms with E-state index in [1.165, 1.54) is 0 Å². The number of phenolic OH excluding ortho intramolecular Hbond substituents is 1. The van der Waals surface area contributed by atoms with Crippen LogP contribution in [0.3, 0.4) is 0 Å². The van der Waals surface area contributed by atoms with Crippen molar-refractivity contribution in [2.24, 2.45) is 0 Å². The minimum atomic E-state index is -0.321. The topological polar surface area (TPSA) is 80.4 Å². The summed E-state index contributed by atoms with van der Waals surface area (Å²) >= 11 is 0. The first-order chi connectivity index (χ1) is 15.2. The molecule has 0 spiro atoms. The highest BCUT2D eigenvalue weighted by atomic mass is 16.5. The van der Waals surface area contributed by atoms with Gasteiger partial charge in [-0.2, -0.15) is 0 Å². The van der Waals surface area contributed by atoms with Crippen molar-refractivity contribution in [3.8, 4) is 23.1 Å². The van der Waals surface area contributed by atoms with Crippen molar-refractivity contribution in [1.82, 2.24) is 9.55 Å². The lowest BCUT2D eigenvalue weighted by atomic mass is 9.83. The first kappa shape index (κ1) is 18.9. The third-order valence-corrected chi connectivity index (χ3v) is 5.54. The molecule has 0 saturated heterocycles. The van der Waals surface area contributed by atoms with Gasteiger partial charge in [-0.15, -0.1) is 0 Å². The van der Waals surface area contributed by atoms with Crippen LogP contribution in [0.25, 0.3) is 0 Å². The smallest absolute Gasteiger partial charge is 0.228 e. The van der Waals surface area contributed by atoms with Gasteiger partial charge < -0.3 is 19.1 Å². The number of para-hydroxylation sites is 1. The molecule has 1 aliphatic rings. The number of nitrogens with one attached hydrogen (secondary N) is 1. The number of nitrogens with zero attached hydrogens (tertiary/aromatic N) is 2. The van der Waals surface area contributed by atoms with E-state index < -0.39 is 0 Å². The normalized spacial score (nSPS) is 14.3. The summed E-state index contributed by atoms with van der Waals surface area (Å²) in [5.74, 6) is 1.40. The lowest BCUT2D eigenvalue weighted by Crippen LogP contribution is -2.30. The summed E-state index contributed by atoms with van der Waals surface area (Å²) in [4.78, 5) is 4.53. The SMILES string of the molecule is COc1ccccc1[C@@H]1c2ccc(O)cc2Oc2ncn(Cc3ccccc3)c(=N)c21. The Morgan fingerprint density at radius 1 is 1.03 bits per heavy atom. The van der Waals surface area contributed by atoms with Crippen LogP contribution < -0.4 is 15.0 Å². The maximum atomic E-state index is 9.99. The van der Waals surface area contributed by atoms with E-state index in [0.29, 0.717) is 29.2 Å². The van der Waals surface area contributed by atoms with E-state index in [0.717, 1.165) is 22.4 Å². The molecule has 6 heteroatoms. The molecule has 2 heterocycles. The molecule has 0 fully saturated rings. The molecule has 2 N–H and O–H groups in total. The van der Waals surface area contributed by atoms with Gasteiger partial charge in [0.15, 0.2) is 0 Å². The maximum Gasteiger partial charge on any atom is 0.228 e. The number of methoxy groups -OCH3 is 1. The lowest BCUT2D eigenvalue weighted by molar-refractivity contribution is 0.398. The van der Waals surface area contributed by atoms with Gasteiger partial charge in [-0.05, 0) is 17.7 Å². The van der Waals surface area contributed by atoms with Gasteiger partial charge in [0.25, 0.3) is 0 Å². The number of ether oxygens (including phenoxy) is 2. The number of aromatic hydroxyl groups is 1. The highest BCUT2D eigenvalue weighted by molar-refractivity contribution is 5.59. The lowest BCUT2D eigenvalue weighted by Gasteiger charge is -2.29.